The molecule has 1 fully saturated rings. The molecule has 0 saturated carbocycles. The van der Waals surface area contributed by atoms with E-state index < -0.39 is 0 Å². The van der Waals surface area contributed by atoms with E-state index in [1.165, 1.54) is 24.3 Å². The minimum Gasteiger partial charge on any atom is -0.322 e. The van der Waals surface area contributed by atoms with Crippen molar-refractivity contribution in [1.82, 2.24) is 4.98 Å². The van der Waals surface area contributed by atoms with E-state index in [1.54, 1.807) is 11.3 Å². The van der Waals surface area contributed by atoms with E-state index in [1.807, 2.05) is 23.3 Å². The summed E-state index contributed by atoms with van der Waals surface area (Å²) in [5.41, 5.74) is 6.15. The van der Waals surface area contributed by atoms with Gasteiger partial charge in [-0.3, -0.25) is 0 Å². The largest absolute Gasteiger partial charge is 0.322 e. The minimum absolute atomic E-state index is 0.174. The molecule has 1 aliphatic rings. The molecule has 0 amide bonds. The van der Waals surface area contributed by atoms with Crippen LogP contribution in [0.4, 0.5) is 0 Å². The van der Waals surface area contributed by atoms with Gasteiger partial charge >= 0.3 is 0 Å². The van der Waals surface area contributed by atoms with Crippen molar-refractivity contribution in [2.24, 2.45) is 11.7 Å². The molecule has 13 heavy (non-hydrogen) atoms. The molecule has 2 unspecified atom stereocenters. The molecule has 1 saturated heterocycles. The summed E-state index contributed by atoms with van der Waals surface area (Å²) in [4.78, 5) is 4.28. The van der Waals surface area contributed by atoms with Gasteiger partial charge in [0.1, 0.15) is 5.01 Å². The highest BCUT2D eigenvalue weighted by Crippen LogP contribution is 2.32. The Kier molecular flexibility index (Phi) is 3.24. The maximum absolute atomic E-state index is 6.15. The zero-order valence-electron chi connectivity index (χ0n) is 7.48. The van der Waals surface area contributed by atoms with Crippen molar-refractivity contribution in [2.75, 3.05) is 11.5 Å². The number of aromatic nitrogens is 1. The minimum atomic E-state index is 0.174. The molecule has 1 aliphatic heterocycles. The van der Waals surface area contributed by atoms with Gasteiger partial charge in [0, 0.05) is 11.6 Å². The molecule has 0 aliphatic carbocycles. The number of thiazole rings is 1. The van der Waals surface area contributed by atoms with Crippen LogP contribution in [0.5, 0.6) is 0 Å². The summed E-state index contributed by atoms with van der Waals surface area (Å²) in [6, 6.07) is 0.174. The number of hydrogen-bond acceptors (Lipinski definition) is 4. The van der Waals surface area contributed by atoms with E-state index in [4.69, 9.17) is 5.73 Å². The Hall–Kier alpha value is -0.0600. The lowest BCUT2D eigenvalue weighted by Crippen LogP contribution is -2.25. The van der Waals surface area contributed by atoms with Gasteiger partial charge in [-0.1, -0.05) is 0 Å². The Balaban J connectivity index is 1.99. The average Bonchev–Trinajstić information content (AvgIpc) is 2.71. The van der Waals surface area contributed by atoms with Crippen molar-refractivity contribution in [3.8, 4) is 0 Å². The van der Waals surface area contributed by atoms with E-state index in [-0.39, 0.29) is 6.04 Å². The van der Waals surface area contributed by atoms with E-state index in [9.17, 15) is 0 Å². The smallest absolute Gasteiger partial charge is 0.110 e. The third kappa shape index (κ3) is 2.24. The summed E-state index contributed by atoms with van der Waals surface area (Å²) in [6.45, 7) is 0. The summed E-state index contributed by atoms with van der Waals surface area (Å²) < 4.78 is 0. The van der Waals surface area contributed by atoms with Crippen LogP contribution in [0.25, 0.3) is 0 Å². The number of nitrogens with zero attached hydrogens (tertiary/aromatic N) is 1. The van der Waals surface area contributed by atoms with Crippen LogP contribution in [-0.4, -0.2) is 16.5 Å². The second-order valence-electron chi connectivity index (χ2n) is 3.37. The van der Waals surface area contributed by atoms with Crippen LogP contribution in [0.1, 0.15) is 23.9 Å². The van der Waals surface area contributed by atoms with Crippen LogP contribution >= 0.6 is 23.1 Å². The van der Waals surface area contributed by atoms with Gasteiger partial charge in [0.15, 0.2) is 0 Å². The molecule has 0 spiro atoms. The van der Waals surface area contributed by atoms with Gasteiger partial charge in [-0.05, 0) is 30.3 Å². The molecule has 1 aromatic heterocycles. The van der Waals surface area contributed by atoms with Gasteiger partial charge in [-0.25, -0.2) is 4.98 Å². The van der Waals surface area contributed by atoms with Gasteiger partial charge in [0.25, 0.3) is 0 Å². The highest BCUT2D eigenvalue weighted by molar-refractivity contribution is 7.99. The topological polar surface area (TPSA) is 38.9 Å². The first-order valence-electron chi connectivity index (χ1n) is 4.60. The summed E-state index contributed by atoms with van der Waals surface area (Å²) >= 11 is 3.70. The number of rotatable bonds is 2. The first kappa shape index (κ1) is 9.49. The van der Waals surface area contributed by atoms with Crippen LogP contribution in [0.2, 0.25) is 0 Å². The Morgan fingerprint density at radius 1 is 1.62 bits per heavy atom. The zero-order valence-corrected chi connectivity index (χ0v) is 9.11. The molecular weight excluding hydrogens is 200 g/mol. The third-order valence-electron chi connectivity index (χ3n) is 2.44. The number of thioether (sulfide) groups is 1. The van der Waals surface area contributed by atoms with E-state index in [2.05, 4.69) is 4.98 Å². The van der Waals surface area contributed by atoms with Gasteiger partial charge in [-0.15, -0.1) is 11.3 Å². The lowest BCUT2D eigenvalue weighted by atomic mass is 9.97. The van der Waals surface area contributed by atoms with Gasteiger partial charge in [0.2, 0.25) is 0 Å². The molecule has 0 bridgehead atoms. The van der Waals surface area contributed by atoms with Crippen LogP contribution < -0.4 is 5.73 Å². The zero-order chi connectivity index (χ0) is 9.10. The summed E-state index contributed by atoms with van der Waals surface area (Å²) in [6.07, 6.45) is 4.43. The fourth-order valence-electron chi connectivity index (χ4n) is 1.65. The van der Waals surface area contributed by atoms with Crippen molar-refractivity contribution in [2.45, 2.75) is 18.9 Å². The summed E-state index contributed by atoms with van der Waals surface area (Å²) in [5.74, 6) is 3.16. The van der Waals surface area contributed by atoms with Gasteiger partial charge < -0.3 is 5.73 Å². The highest BCUT2D eigenvalue weighted by atomic mass is 32.2. The maximum atomic E-state index is 6.15. The maximum Gasteiger partial charge on any atom is 0.110 e. The Labute approximate surface area is 86.9 Å². The monoisotopic (exact) mass is 214 g/mol. The second-order valence-corrected chi connectivity index (χ2v) is 5.45. The standard InChI is InChI=1S/C9H14N2S2/c10-8(9-11-3-5-13-9)7-2-1-4-12-6-7/h3,5,7-8H,1-2,4,6,10H2. The molecule has 2 atom stereocenters. The highest BCUT2D eigenvalue weighted by Gasteiger charge is 2.23. The first-order chi connectivity index (χ1) is 6.38. The van der Waals surface area contributed by atoms with Crippen molar-refractivity contribution in [1.29, 1.82) is 0 Å². The fraction of sp³-hybridized carbons (Fsp3) is 0.667. The predicted molar refractivity (Wildman–Crippen MR) is 59.1 cm³/mol. The normalized spacial score (nSPS) is 25.8. The molecule has 0 aromatic carbocycles. The second kappa shape index (κ2) is 4.44. The van der Waals surface area contributed by atoms with Crippen LogP contribution in [0, 0.1) is 5.92 Å². The number of nitrogens with two attached hydrogens (primary N) is 1. The fourth-order valence-corrected chi connectivity index (χ4v) is 3.60. The summed E-state index contributed by atoms with van der Waals surface area (Å²) in [5, 5.41) is 3.11. The molecule has 2 heterocycles. The molecule has 1 aromatic rings. The molecule has 2 rings (SSSR count). The SMILES string of the molecule is NC(c1nccs1)C1CCCSC1. The summed E-state index contributed by atoms with van der Waals surface area (Å²) in [7, 11) is 0. The Bertz CT molecular complexity index is 242. The van der Waals surface area contributed by atoms with Gasteiger partial charge in [0.05, 0.1) is 6.04 Å². The molecule has 4 heteroatoms. The van der Waals surface area contributed by atoms with E-state index >= 15 is 0 Å². The lowest BCUT2D eigenvalue weighted by molar-refractivity contribution is 0.433. The van der Waals surface area contributed by atoms with Crippen molar-refractivity contribution in [3.63, 3.8) is 0 Å². The van der Waals surface area contributed by atoms with Crippen LogP contribution in [-0.2, 0) is 0 Å². The van der Waals surface area contributed by atoms with Crippen molar-refractivity contribution >= 4 is 23.1 Å². The van der Waals surface area contributed by atoms with Crippen molar-refractivity contribution < 1.29 is 0 Å². The first-order valence-corrected chi connectivity index (χ1v) is 6.64. The molecule has 72 valence electrons. The predicted octanol–water partition coefficient (Wildman–Crippen LogP) is 2.29. The molecule has 0 radical (unpaired) electrons. The van der Waals surface area contributed by atoms with Crippen LogP contribution in [0.15, 0.2) is 11.6 Å². The Morgan fingerprint density at radius 3 is 3.15 bits per heavy atom. The lowest BCUT2D eigenvalue weighted by Gasteiger charge is -2.25. The number of hydrogen-bond donors (Lipinski definition) is 1. The molecule has 2 nitrogen and oxygen atoms in total. The third-order valence-corrected chi connectivity index (χ3v) is 4.56. The van der Waals surface area contributed by atoms with Crippen molar-refractivity contribution in [3.05, 3.63) is 16.6 Å². The van der Waals surface area contributed by atoms with Crippen LogP contribution in [0.3, 0.4) is 0 Å². The van der Waals surface area contributed by atoms with E-state index in [0.29, 0.717) is 5.92 Å². The van der Waals surface area contributed by atoms with Gasteiger partial charge in [-0.2, -0.15) is 11.8 Å². The average molecular weight is 214 g/mol. The molecule has 2 N–H and O–H groups in total. The van der Waals surface area contributed by atoms with E-state index in [0.717, 1.165) is 5.01 Å². The Morgan fingerprint density at radius 2 is 2.54 bits per heavy atom. The quantitative estimate of drug-likeness (QED) is 0.821. The molecular formula is C9H14N2S2.